The van der Waals surface area contributed by atoms with E-state index < -0.39 is 0 Å². The molecule has 0 bridgehead atoms. The van der Waals surface area contributed by atoms with Gasteiger partial charge in [-0.3, -0.25) is 14.9 Å². The monoisotopic (exact) mass is 331 g/mol. The first kappa shape index (κ1) is 18.5. The van der Waals surface area contributed by atoms with Gasteiger partial charge < -0.3 is 10.6 Å². The Morgan fingerprint density at radius 2 is 1.88 bits per heavy atom. The van der Waals surface area contributed by atoms with Gasteiger partial charge in [0.15, 0.2) is 0 Å². The number of rotatable bonds is 6. The maximum atomic E-state index is 12.8. The van der Waals surface area contributed by atoms with E-state index >= 15 is 0 Å². The zero-order valence-corrected chi connectivity index (χ0v) is 14.9. The topological polar surface area (TPSA) is 75.4 Å². The number of nitrogens with two attached hydrogens (primary N) is 1. The summed E-state index contributed by atoms with van der Waals surface area (Å²) < 4.78 is 0. The molecule has 0 aromatic heterocycles. The lowest BCUT2D eigenvalue weighted by Crippen LogP contribution is -2.51. The Morgan fingerprint density at radius 3 is 2.46 bits per heavy atom. The van der Waals surface area contributed by atoms with Crippen LogP contribution in [-0.2, 0) is 9.59 Å². The van der Waals surface area contributed by atoms with Gasteiger partial charge in [0.2, 0.25) is 11.8 Å². The van der Waals surface area contributed by atoms with Gasteiger partial charge in [-0.15, -0.1) is 0 Å². The van der Waals surface area contributed by atoms with Crippen molar-refractivity contribution in [2.75, 3.05) is 13.1 Å². The highest BCUT2D eigenvalue weighted by Gasteiger charge is 2.30. The van der Waals surface area contributed by atoms with E-state index in [2.05, 4.69) is 31.3 Å². The first-order chi connectivity index (χ1) is 11.4. The number of hydrogen-bond donors (Lipinski definition) is 2. The van der Waals surface area contributed by atoms with Gasteiger partial charge in [-0.1, -0.05) is 44.2 Å². The van der Waals surface area contributed by atoms with Crippen molar-refractivity contribution in [2.45, 2.75) is 45.7 Å². The molecule has 24 heavy (non-hydrogen) atoms. The van der Waals surface area contributed by atoms with E-state index in [1.807, 2.05) is 25.1 Å². The van der Waals surface area contributed by atoms with Crippen LogP contribution in [0, 0.1) is 11.8 Å². The van der Waals surface area contributed by atoms with Crippen molar-refractivity contribution in [2.24, 2.45) is 17.6 Å². The minimum absolute atomic E-state index is 0.0440. The molecule has 0 saturated carbocycles. The third-order valence-electron chi connectivity index (χ3n) is 4.76. The maximum absolute atomic E-state index is 12.8. The minimum atomic E-state index is -0.308. The summed E-state index contributed by atoms with van der Waals surface area (Å²) in [6.45, 7) is 7.33. The van der Waals surface area contributed by atoms with E-state index in [1.54, 1.807) is 4.90 Å². The number of likely N-dealkylation sites (tertiary alicyclic amines) is 1. The molecule has 3 N–H and O–H groups in total. The molecule has 1 heterocycles. The van der Waals surface area contributed by atoms with E-state index in [1.165, 1.54) is 5.56 Å². The molecule has 1 aromatic rings. The summed E-state index contributed by atoms with van der Waals surface area (Å²) in [5.74, 6) is -0.118. The molecule has 5 heteroatoms. The van der Waals surface area contributed by atoms with Crippen LogP contribution in [0.4, 0.5) is 0 Å². The summed E-state index contributed by atoms with van der Waals surface area (Å²) in [4.78, 5) is 26.0. The molecule has 1 fully saturated rings. The SMILES string of the molecule is CC(C)[C@H](N[C@@H](C)C(=O)N1CCC[C@@H](C(N)=O)C1)c1ccccc1. The summed E-state index contributed by atoms with van der Waals surface area (Å²) in [5.41, 5.74) is 6.59. The number of nitrogens with zero attached hydrogens (tertiary/aromatic N) is 1. The number of primary amides is 1. The van der Waals surface area contributed by atoms with Crippen molar-refractivity contribution >= 4 is 11.8 Å². The van der Waals surface area contributed by atoms with Crippen LogP contribution in [0.3, 0.4) is 0 Å². The van der Waals surface area contributed by atoms with Crippen LogP contribution in [0.5, 0.6) is 0 Å². The third-order valence-corrected chi connectivity index (χ3v) is 4.76. The molecule has 1 aliphatic heterocycles. The van der Waals surface area contributed by atoms with Crippen LogP contribution in [0.15, 0.2) is 30.3 Å². The number of piperidine rings is 1. The second kappa shape index (κ2) is 8.29. The summed E-state index contributed by atoms with van der Waals surface area (Å²) in [7, 11) is 0. The quantitative estimate of drug-likeness (QED) is 0.838. The molecule has 5 nitrogen and oxygen atoms in total. The fourth-order valence-corrected chi connectivity index (χ4v) is 3.36. The summed E-state index contributed by atoms with van der Waals surface area (Å²) >= 11 is 0. The van der Waals surface area contributed by atoms with Crippen molar-refractivity contribution in [1.29, 1.82) is 0 Å². The summed E-state index contributed by atoms with van der Waals surface area (Å²) in [6.07, 6.45) is 1.61. The fourth-order valence-electron chi connectivity index (χ4n) is 3.36. The van der Waals surface area contributed by atoms with Crippen molar-refractivity contribution in [3.05, 3.63) is 35.9 Å². The van der Waals surface area contributed by atoms with Crippen LogP contribution in [0.2, 0.25) is 0 Å². The molecule has 2 rings (SSSR count). The van der Waals surface area contributed by atoms with Gasteiger partial charge in [0.1, 0.15) is 0 Å². The Morgan fingerprint density at radius 1 is 1.21 bits per heavy atom. The third kappa shape index (κ3) is 4.57. The molecule has 3 atom stereocenters. The smallest absolute Gasteiger partial charge is 0.239 e. The number of carbonyl (C=O) groups is 2. The molecule has 0 spiro atoms. The second-order valence-corrected chi connectivity index (χ2v) is 7.05. The number of nitrogens with one attached hydrogen (secondary N) is 1. The van der Waals surface area contributed by atoms with Gasteiger partial charge in [0.25, 0.3) is 0 Å². The second-order valence-electron chi connectivity index (χ2n) is 7.05. The molecule has 0 radical (unpaired) electrons. The number of amides is 2. The number of benzene rings is 1. The molecular weight excluding hydrogens is 302 g/mol. The predicted octanol–water partition coefficient (Wildman–Crippen LogP) is 2.09. The van der Waals surface area contributed by atoms with Crippen molar-refractivity contribution < 1.29 is 9.59 Å². The van der Waals surface area contributed by atoms with Crippen LogP contribution in [0.25, 0.3) is 0 Å². The lowest BCUT2D eigenvalue weighted by Gasteiger charge is -2.35. The molecular formula is C19H29N3O2. The maximum Gasteiger partial charge on any atom is 0.239 e. The fraction of sp³-hybridized carbons (Fsp3) is 0.579. The van der Waals surface area contributed by atoms with Crippen molar-refractivity contribution in [1.82, 2.24) is 10.2 Å². The molecule has 1 aliphatic rings. The number of hydrogen-bond acceptors (Lipinski definition) is 3. The van der Waals surface area contributed by atoms with Crippen LogP contribution in [0.1, 0.15) is 45.2 Å². The lowest BCUT2D eigenvalue weighted by atomic mass is 9.94. The highest BCUT2D eigenvalue weighted by atomic mass is 16.2. The van der Waals surface area contributed by atoms with Crippen LogP contribution < -0.4 is 11.1 Å². The highest BCUT2D eigenvalue weighted by molar-refractivity contribution is 5.83. The minimum Gasteiger partial charge on any atom is -0.369 e. The Bertz CT molecular complexity index is 559. The van der Waals surface area contributed by atoms with E-state index in [9.17, 15) is 9.59 Å². The predicted molar refractivity (Wildman–Crippen MR) is 95.1 cm³/mol. The summed E-state index contributed by atoms with van der Waals surface area (Å²) in [5, 5.41) is 3.47. The van der Waals surface area contributed by atoms with Crippen molar-refractivity contribution in [3.63, 3.8) is 0 Å². The summed E-state index contributed by atoms with van der Waals surface area (Å²) in [6, 6.07) is 10.00. The van der Waals surface area contributed by atoms with Gasteiger partial charge in [0, 0.05) is 19.1 Å². The normalized spacial score (nSPS) is 20.7. The van der Waals surface area contributed by atoms with Crippen molar-refractivity contribution in [3.8, 4) is 0 Å². The van der Waals surface area contributed by atoms with Crippen LogP contribution in [-0.4, -0.2) is 35.8 Å². The van der Waals surface area contributed by atoms with Gasteiger partial charge in [0.05, 0.1) is 12.0 Å². The molecule has 2 amide bonds. The standard InChI is InChI=1S/C19H29N3O2/c1-13(2)17(15-8-5-4-6-9-15)21-14(3)19(24)22-11-7-10-16(12-22)18(20)23/h4-6,8-9,13-14,16-17,21H,7,10-12H2,1-3H3,(H2,20,23)/t14-,16+,17-/m0/s1. The Kier molecular flexibility index (Phi) is 6.37. The van der Waals surface area contributed by atoms with Gasteiger partial charge in [-0.2, -0.15) is 0 Å². The van der Waals surface area contributed by atoms with Gasteiger partial charge in [-0.05, 0) is 31.2 Å². The van der Waals surface area contributed by atoms with Gasteiger partial charge >= 0.3 is 0 Å². The number of carbonyl (C=O) groups excluding carboxylic acids is 2. The Labute approximate surface area is 144 Å². The molecule has 1 saturated heterocycles. The highest BCUT2D eigenvalue weighted by Crippen LogP contribution is 2.23. The zero-order valence-electron chi connectivity index (χ0n) is 14.9. The molecule has 0 unspecified atom stereocenters. The van der Waals surface area contributed by atoms with E-state index in [0.717, 1.165) is 12.8 Å². The molecule has 0 aliphatic carbocycles. The first-order valence-corrected chi connectivity index (χ1v) is 8.79. The Hall–Kier alpha value is -1.88. The van der Waals surface area contributed by atoms with Crippen LogP contribution >= 0.6 is 0 Å². The lowest BCUT2D eigenvalue weighted by molar-refractivity contribution is -0.136. The van der Waals surface area contributed by atoms with E-state index in [-0.39, 0.29) is 29.8 Å². The van der Waals surface area contributed by atoms with E-state index in [4.69, 9.17) is 5.73 Å². The average Bonchev–Trinajstić information content (AvgIpc) is 2.59. The Balaban J connectivity index is 2.02. The van der Waals surface area contributed by atoms with Gasteiger partial charge in [-0.25, -0.2) is 0 Å². The zero-order chi connectivity index (χ0) is 17.7. The average molecular weight is 331 g/mol. The molecule has 1 aromatic carbocycles. The molecule has 132 valence electrons. The van der Waals surface area contributed by atoms with E-state index in [0.29, 0.717) is 19.0 Å². The first-order valence-electron chi connectivity index (χ1n) is 8.79. The largest absolute Gasteiger partial charge is 0.369 e.